The monoisotopic (exact) mass is 386 g/mol. The smallest absolute Gasteiger partial charge is 0.131 e. The minimum absolute atomic E-state index is 0.412. The number of ether oxygens (including phenoxy) is 1. The van der Waals surface area contributed by atoms with Gasteiger partial charge in [0.05, 0.1) is 23.8 Å². The van der Waals surface area contributed by atoms with Gasteiger partial charge in [0.15, 0.2) is 0 Å². The Morgan fingerprint density at radius 3 is 2.00 bits per heavy atom. The molecule has 4 aromatic rings. The number of aryl methyl sites for hydroxylation is 2. The summed E-state index contributed by atoms with van der Waals surface area (Å²) in [7, 11) is 0. The van der Waals surface area contributed by atoms with E-state index >= 15 is 0 Å². The molecular formula is C24H26N4O. The van der Waals surface area contributed by atoms with Gasteiger partial charge < -0.3 is 14.7 Å². The summed E-state index contributed by atoms with van der Waals surface area (Å²) in [5.74, 6) is 3.92. The lowest BCUT2D eigenvalue weighted by Gasteiger charge is -2.17. The lowest BCUT2D eigenvalue weighted by atomic mass is 9.96. The first-order valence-corrected chi connectivity index (χ1v) is 9.99. The van der Waals surface area contributed by atoms with Crippen LogP contribution < -0.4 is 4.74 Å². The molecule has 0 radical (unpaired) electrons. The number of imidazole rings is 2. The van der Waals surface area contributed by atoms with Crippen molar-refractivity contribution < 1.29 is 4.74 Å². The van der Waals surface area contributed by atoms with Gasteiger partial charge >= 0.3 is 0 Å². The summed E-state index contributed by atoms with van der Waals surface area (Å²) in [6.45, 7) is 8.33. The molecule has 1 atom stereocenters. The average Bonchev–Trinajstić information content (AvgIpc) is 3.36. The molecule has 0 fully saturated rings. The second-order valence-corrected chi connectivity index (χ2v) is 7.45. The number of aromatic nitrogens is 4. The highest BCUT2D eigenvalue weighted by Crippen LogP contribution is 2.36. The summed E-state index contributed by atoms with van der Waals surface area (Å²) in [6.07, 6.45) is 4.76. The van der Waals surface area contributed by atoms with Crippen molar-refractivity contribution in [1.29, 1.82) is 0 Å². The van der Waals surface area contributed by atoms with Gasteiger partial charge in [0, 0.05) is 5.56 Å². The van der Waals surface area contributed by atoms with Crippen LogP contribution in [-0.2, 0) is 0 Å². The van der Waals surface area contributed by atoms with Gasteiger partial charge in [0.2, 0.25) is 0 Å². The van der Waals surface area contributed by atoms with E-state index in [2.05, 4.69) is 52.0 Å². The summed E-state index contributed by atoms with van der Waals surface area (Å²) in [5, 5.41) is 0. The molecule has 5 heteroatoms. The van der Waals surface area contributed by atoms with Crippen molar-refractivity contribution in [2.24, 2.45) is 0 Å². The van der Waals surface area contributed by atoms with Crippen LogP contribution >= 0.6 is 0 Å². The third kappa shape index (κ3) is 4.09. The number of nitrogens with one attached hydrogen (secondary N) is 2. The van der Waals surface area contributed by atoms with Crippen molar-refractivity contribution >= 4 is 0 Å². The molecule has 5 nitrogen and oxygen atoms in total. The molecule has 0 saturated carbocycles. The van der Waals surface area contributed by atoms with Gasteiger partial charge in [0.1, 0.15) is 23.1 Å². The van der Waals surface area contributed by atoms with Gasteiger partial charge in [-0.05, 0) is 67.6 Å². The summed E-state index contributed by atoms with van der Waals surface area (Å²) in [4.78, 5) is 15.1. The van der Waals surface area contributed by atoms with E-state index in [1.54, 1.807) is 0 Å². The Morgan fingerprint density at radius 2 is 1.45 bits per heavy atom. The first-order valence-electron chi connectivity index (χ1n) is 9.99. The van der Waals surface area contributed by atoms with Crippen LogP contribution in [0.3, 0.4) is 0 Å². The minimum atomic E-state index is 0.412. The number of aromatic amines is 2. The Hall–Kier alpha value is -3.34. The SMILES string of the molecule is CCC(C)c1ccc(-c2cnc(C)[nH]2)cc1Oc1ccc(-c2cnc(C)[nH]2)cc1. The van der Waals surface area contributed by atoms with Gasteiger partial charge in [-0.15, -0.1) is 0 Å². The molecule has 0 saturated heterocycles. The minimum Gasteiger partial charge on any atom is -0.457 e. The van der Waals surface area contributed by atoms with Crippen LogP contribution in [0.1, 0.15) is 43.4 Å². The molecule has 2 aromatic carbocycles. The van der Waals surface area contributed by atoms with Gasteiger partial charge in [-0.2, -0.15) is 0 Å². The summed E-state index contributed by atoms with van der Waals surface area (Å²) in [6, 6.07) is 14.5. The van der Waals surface area contributed by atoms with Crippen molar-refractivity contribution in [2.45, 2.75) is 40.0 Å². The highest BCUT2D eigenvalue weighted by Gasteiger charge is 2.14. The Bertz CT molecular complexity index is 1110. The molecule has 0 amide bonds. The van der Waals surface area contributed by atoms with E-state index in [9.17, 15) is 0 Å². The lowest BCUT2D eigenvalue weighted by Crippen LogP contribution is -1.97. The van der Waals surface area contributed by atoms with Crippen molar-refractivity contribution in [1.82, 2.24) is 19.9 Å². The van der Waals surface area contributed by atoms with Gasteiger partial charge in [0.25, 0.3) is 0 Å². The molecule has 4 rings (SSSR count). The quantitative estimate of drug-likeness (QED) is 0.403. The maximum Gasteiger partial charge on any atom is 0.131 e. The maximum absolute atomic E-state index is 6.34. The molecule has 2 aromatic heterocycles. The number of benzene rings is 2. The van der Waals surface area contributed by atoms with Crippen LogP contribution in [0.2, 0.25) is 0 Å². The molecule has 2 heterocycles. The van der Waals surface area contributed by atoms with Gasteiger partial charge in [-0.3, -0.25) is 0 Å². The third-order valence-electron chi connectivity index (χ3n) is 5.27. The topological polar surface area (TPSA) is 66.6 Å². The normalized spacial score (nSPS) is 12.1. The molecule has 0 aliphatic rings. The number of hydrogen-bond acceptors (Lipinski definition) is 3. The molecule has 148 valence electrons. The van der Waals surface area contributed by atoms with Crippen molar-refractivity contribution in [3.8, 4) is 34.0 Å². The average molecular weight is 386 g/mol. The van der Waals surface area contributed by atoms with Gasteiger partial charge in [-0.25, -0.2) is 9.97 Å². The molecule has 0 bridgehead atoms. The Kier molecular flexibility index (Phi) is 5.21. The maximum atomic E-state index is 6.34. The number of H-pyrrole nitrogens is 2. The van der Waals surface area contributed by atoms with Crippen LogP contribution in [0.4, 0.5) is 0 Å². The van der Waals surface area contributed by atoms with Crippen LogP contribution in [0, 0.1) is 13.8 Å². The Labute approximate surface area is 171 Å². The predicted octanol–water partition coefficient (Wildman–Crippen LogP) is 6.39. The number of hydrogen-bond donors (Lipinski definition) is 2. The van der Waals surface area contributed by atoms with E-state index in [0.717, 1.165) is 52.1 Å². The van der Waals surface area contributed by atoms with Crippen LogP contribution in [-0.4, -0.2) is 19.9 Å². The summed E-state index contributed by atoms with van der Waals surface area (Å²) >= 11 is 0. The Balaban J connectivity index is 1.65. The zero-order chi connectivity index (χ0) is 20.4. The van der Waals surface area contributed by atoms with Crippen LogP contribution in [0.25, 0.3) is 22.5 Å². The lowest BCUT2D eigenvalue weighted by molar-refractivity contribution is 0.470. The van der Waals surface area contributed by atoms with Crippen molar-refractivity contribution in [2.75, 3.05) is 0 Å². The standard InChI is InChI=1S/C24H26N4O/c1-5-15(2)21-11-8-19(23-14-26-17(4)28-23)12-24(21)29-20-9-6-18(7-10-20)22-13-25-16(3)27-22/h6-15H,5H2,1-4H3,(H,25,27)(H,26,28). The largest absolute Gasteiger partial charge is 0.457 e. The first kappa shape index (κ1) is 19.0. The van der Waals surface area contributed by atoms with Crippen LogP contribution in [0.15, 0.2) is 54.9 Å². The summed E-state index contributed by atoms with van der Waals surface area (Å²) < 4.78 is 6.34. The third-order valence-corrected chi connectivity index (χ3v) is 5.27. The molecule has 1 unspecified atom stereocenters. The van der Waals surface area contributed by atoms with E-state index in [0.29, 0.717) is 5.92 Å². The second kappa shape index (κ2) is 7.95. The predicted molar refractivity (Wildman–Crippen MR) is 116 cm³/mol. The van der Waals surface area contributed by atoms with E-state index in [1.165, 1.54) is 5.56 Å². The fourth-order valence-electron chi connectivity index (χ4n) is 3.38. The molecule has 29 heavy (non-hydrogen) atoms. The van der Waals surface area contributed by atoms with E-state index in [-0.39, 0.29) is 0 Å². The zero-order valence-corrected chi connectivity index (χ0v) is 17.3. The summed E-state index contributed by atoms with van der Waals surface area (Å²) in [5.41, 5.74) is 5.36. The number of rotatable bonds is 6. The highest BCUT2D eigenvalue weighted by molar-refractivity contribution is 5.63. The fraction of sp³-hybridized carbons (Fsp3) is 0.250. The molecule has 0 aliphatic heterocycles. The molecule has 0 aliphatic carbocycles. The zero-order valence-electron chi connectivity index (χ0n) is 17.3. The first-order chi connectivity index (χ1) is 14.0. The fourth-order valence-corrected chi connectivity index (χ4v) is 3.38. The highest BCUT2D eigenvalue weighted by atomic mass is 16.5. The van der Waals surface area contributed by atoms with E-state index in [1.807, 2.05) is 50.5 Å². The molecule has 0 spiro atoms. The number of nitrogens with zero attached hydrogens (tertiary/aromatic N) is 2. The van der Waals surface area contributed by atoms with Crippen molar-refractivity contribution in [3.63, 3.8) is 0 Å². The second-order valence-electron chi connectivity index (χ2n) is 7.45. The molecule has 2 N–H and O–H groups in total. The Morgan fingerprint density at radius 1 is 0.862 bits per heavy atom. The van der Waals surface area contributed by atoms with Gasteiger partial charge in [-0.1, -0.05) is 26.0 Å². The molecular weight excluding hydrogens is 360 g/mol. The van der Waals surface area contributed by atoms with E-state index in [4.69, 9.17) is 4.74 Å². The van der Waals surface area contributed by atoms with Crippen molar-refractivity contribution in [3.05, 3.63) is 72.1 Å². The van der Waals surface area contributed by atoms with Crippen LogP contribution in [0.5, 0.6) is 11.5 Å². The van der Waals surface area contributed by atoms with E-state index < -0.39 is 0 Å².